The van der Waals surface area contributed by atoms with Crippen molar-refractivity contribution in [1.82, 2.24) is 5.32 Å². The fourth-order valence-corrected chi connectivity index (χ4v) is 2.74. The first-order valence-electron chi connectivity index (χ1n) is 6.76. The van der Waals surface area contributed by atoms with E-state index in [4.69, 9.17) is 0 Å². The predicted molar refractivity (Wildman–Crippen MR) is 70.2 cm³/mol. The maximum atomic E-state index is 3.75. The van der Waals surface area contributed by atoms with Crippen LogP contribution in [0.15, 0.2) is 0 Å². The third-order valence-electron chi connectivity index (χ3n) is 3.76. The van der Waals surface area contributed by atoms with Crippen LogP contribution in [0.5, 0.6) is 0 Å². The predicted octanol–water partition coefficient (Wildman–Crippen LogP) is 4.23. The molecule has 1 heteroatoms. The smallest absolute Gasteiger partial charge is 0.0227 e. The van der Waals surface area contributed by atoms with Crippen molar-refractivity contribution >= 4 is 0 Å². The van der Waals surface area contributed by atoms with Crippen molar-refractivity contribution in [2.75, 3.05) is 6.54 Å². The van der Waals surface area contributed by atoms with Crippen molar-refractivity contribution in [3.8, 4) is 0 Å². The van der Waals surface area contributed by atoms with Crippen LogP contribution in [0.2, 0.25) is 0 Å². The van der Waals surface area contributed by atoms with Crippen LogP contribution in [-0.4, -0.2) is 12.1 Å². The van der Waals surface area contributed by atoms with Gasteiger partial charge in [-0.15, -0.1) is 0 Å². The lowest BCUT2D eigenvalue weighted by Crippen LogP contribution is -2.53. The van der Waals surface area contributed by atoms with E-state index < -0.39 is 0 Å². The maximum Gasteiger partial charge on any atom is 0.0227 e. The summed E-state index contributed by atoms with van der Waals surface area (Å²) in [5.74, 6) is 1.43. The standard InChI is InChI=1S/C14H31N/c1-7-9-10-11-14(12(3)4,13(5)6)15-8-2/h12-13,15H,7-11H2,1-6H3. The van der Waals surface area contributed by atoms with Crippen LogP contribution in [0, 0.1) is 11.8 Å². The van der Waals surface area contributed by atoms with Crippen LogP contribution in [0.3, 0.4) is 0 Å². The zero-order valence-corrected chi connectivity index (χ0v) is 11.7. The first-order valence-corrected chi connectivity index (χ1v) is 6.76. The Morgan fingerprint density at radius 1 is 0.933 bits per heavy atom. The lowest BCUT2D eigenvalue weighted by molar-refractivity contribution is 0.148. The highest BCUT2D eigenvalue weighted by Crippen LogP contribution is 2.31. The van der Waals surface area contributed by atoms with Gasteiger partial charge in [-0.25, -0.2) is 0 Å². The number of hydrogen-bond acceptors (Lipinski definition) is 1. The molecule has 0 aromatic carbocycles. The lowest BCUT2D eigenvalue weighted by atomic mass is 9.73. The average Bonchev–Trinajstić information content (AvgIpc) is 2.15. The molecule has 1 N–H and O–H groups in total. The van der Waals surface area contributed by atoms with Crippen molar-refractivity contribution in [3.63, 3.8) is 0 Å². The van der Waals surface area contributed by atoms with Gasteiger partial charge in [-0.1, -0.05) is 60.8 Å². The summed E-state index contributed by atoms with van der Waals surface area (Å²) < 4.78 is 0. The topological polar surface area (TPSA) is 12.0 Å². The Labute approximate surface area is 97.0 Å². The molecule has 1 nitrogen and oxygen atoms in total. The Morgan fingerprint density at radius 2 is 1.47 bits per heavy atom. The molecule has 0 saturated carbocycles. The number of nitrogens with one attached hydrogen (secondary N) is 1. The first kappa shape index (κ1) is 15.0. The molecule has 0 radical (unpaired) electrons. The normalized spacial score (nSPS) is 12.8. The summed E-state index contributed by atoms with van der Waals surface area (Å²) in [5.41, 5.74) is 0.351. The zero-order valence-electron chi connectivity index (χ0n) is 11.7. The van der Waals surface area contributed by atoms with Crippen LogP contribution in [0.25, 0.3) is 0 Å². The molecule has 0 bridgehead atoms. The quantitative estimate of drug-likeness (QED) is 0.595. The Balaban J connectivity index is 4.48. The molecule has 0 aliphatic heterocycles. The van der Waals surface area contributed by atoms with Crippen LogP contribution >= 0.6 is 0 Å². The van der Waals surface area contributed by atoms with E-state index in [2.05, 4.69) is 46.9 Å². The maximum absolute atomic E-state index is 3.75. The minimum Gasteiger partial charge on any atom is -0.311 e. The number of rotatable bonds is 8. The third kappa shape index (κ3) is 4.14. The van der Waals surface area contributed by atoms with Crippen molar-refractivity contribution in [2.45, 2.75) is 72.8 Å². The van der Waals surface area contributed by atoms with E-state index in [-0.39, 0.29) is 0 Å². The van der Waals surface area contributed by atoms with E-state index >= 15 is 0 Å². The molecule has 92 valence electrons. The Kier molecular flexibility index (Phi) is 7.25. The van der Waals surface area contributed by atoms with Gasteiger partial charge in [0.1, 0.15) is 0 Å². The SMILES string of the molecule is CCCCCC(NCC)(C(C)C)C(C)C. The zero-order chi connectivity index (χ0) is 11.9. The summed E-state index contributed by atoms with van der Waals surface area (Å²) in [5, 5.41) is 3.75. The van der Waals surface area contributed by atoms with Crippen molar-refractivity contribution in [2.24, 2.45) is 11.8 Å². The molecule has 0 aromatic heterocycles. The molecule has 0 aliphatic rings. The minimum absolute atomic E-state index is 0.351. The summed E-state index contributed by atoms with van der Waals surface area (Å²) >= 11 is 0. The van der Waals surface area contributed by atoms with Crippen LogP contribution in [0.1, 0.15) is 67.2 Å². The van der Waals surface area contributed by atoms with Gasteiger partial charge < -0.3 is 5.32 Å². The molecule has 0 unspecified atom stereocenters. The molecule has 0 aromatic rings. The van der Waals surface area contributed by atoms with E-state index in [0.717, 1.165) is 6.54 Å². The van der Waals surface area contributed by atoms with Gasteiger partial charge in [-0.2, -0.15) is 0 Å². The molecule has 0 saturated heterocycles. The van der Waals surface area contributed by atoms with Crippen molar-refractivity contribution in [3.05, 3.63) is 0 Å². The van der Waals surface area contributed by atoms with Gasteiger partial charge in [0.15, 0.2) is 0 Å². The van der Waals surface area contributed by atoms with Crippen LogP contribution < -0.4 is 5.32 Å². The Morgan fingerprint density at radius 3 is 1.80 bits per heavy atom. The number of hydrogen-bond donors (Lipinski definition) is 1. The summed E-state index contributed by atoms with van der Waals surface area (Å²) in [6.45, 7) is 15.0. The first-order chi connectivity index (χ1) is 7.01. The van der Waals surface area contributed by atoms with Gasteiger partial charge in [0.2, 0.25) is 0 Å². The number of unbranched alkanes of at least 4 members (excludes halogenated alkanes) is 2. The van der Waals surface area contributed by atoms with Gasteiger partial charge in [0.25, 0.3) is 0 Å². The van der Waals surface area contributed by atoms with Crippen molar-refractivity contribution < 1.29 is 0 Å². The average molecular weight is 213 g/mol. The molecule has 0 spiro atoms. The molecule has 0 rings (SSSR count). The van der Waals surface area contributed by atoms with E-state index in [9.17, 15) is 0 Å². The molecule has 0 aliphatic carbocycles. The fourth-order valence-electron chi connectivity index (χ4n) is 2.74. The molecule has 0 amide bonds. The van der Waals surface area contributed by atoms with Gasteiger partial charge in [0, 0.05) is 5.54 Å². The Bertz CT molecular complexity index is 141. The van der Waals surface area contributed by atoms with Gasteiger partial charge >= 0.3 is 0 Å². The molecule has 0 heterocycles. The second-order valence-electron chi connectivity index (χ2n) is 5.34. The van der Waals surface area contributed by atoms with Crippen LogP contribution in [-0.2, 0) is 0 Å². The summed E-state index contributed by atoms with van der Waals surface area (Å²) in [6.07, 6.45) is 5.37. The highest BCUT2D eigenvalue weighted by molar-refractivity contribution is 4.93. The summed E-state index contributed by atoms with van der Waals surface area (Å²) in [6, 6.07) is 0. The molecular formula is C14H31N. The molecule has 0 atom stereocenters. The second-order valence-corrected chi connectivity index (χ2v) is 5.34. The molecular weight excluding hydrogens is 182 g/mol. The Hall–Kier alpha value is -0.0400. The highest BCUT2D eigenvalue weighted by Gasteiger charge is 2.35. The molecule has 15 heavy (non-hydrogen) atoms. The molecule has 0 fully saturated rings. The summed E-state index contributed by atoms with van der Waals surface area (Å²) in [7, 11) is 0. The van der Waals surface area contributed by atoms with Crippen LogP contribution in [0.4, 0.5) is 0 Å². The summed E-state index contributed by atoms with van der Waals surface area (Å²) in [4.78, 5) is 0. The van der Waals surface area contributed by atoms with Gasteiger partial charge in [0.05, 0.1) is 0 Å². The second kappa shape index (κ2) is 7.27. The van der Waals surface area contributed by atoms with Crippen molar-refractivity contribution in [1.29, 1.82) is 0 Å². The fraction of sp³-hybridized carbons (Fsp3) is 1.00. The largest absolute Gasteiger partial charge is 0.311 e. The monoisotopic (exact) mass is 213 g/mol. The van der Waals surface area contributed by atoms with Gasteiger partial charge in [-0.3, -0.25) is 0 Å². The minimum atomic E-state index is 0.351. The van der Waals surface area contributed by atoms with E-state index in [1.54, 1.807) is 0 Å². The van der Waals surface area contributed by atoms with Gasteiger partial charge in [-0.05, 0) is 24.8 Å². The lowest BCUT2D eigenvalue weighted by Gasteiger charge is -2.42. The third-order valence-corrected chi connectivity index (χ3v) is 3.76. The highest BCUT2D eigenvalue weighted by atomic mass is 15.0. The van der Waals surface area contributed by atoms with E-state index in [1.807, 2.05) is 0 Å². The van der Waals surface area contributed by atoms with E-state index in [0.29, 0.717) is 17.4 Å². The van der Waals surface area contributed by atoms with E-state index in [1.165, 1.54) is 25.7 Å².